The van der Waals surface area contributed by atoms with Gasteiger partial charge in [-0.05, 0) is 52.0 Å². The summed E-state index contributed by atoms with van der Waals surface area (Å²) in [4.78, 5) is 23.6. The van der Waals surface area contributed by atoms with E-state index in [2.05, 4.69) is 40.3 Å². The molecule has 0 bridgehead atoms. The smallest absolute Gasteiger partial charge is 0.150 e. The first kappa shape index (κ1) is 21.4. The van der Waals surface area contributed by atoms with Gasteiger partial charge in [0.15, 0.2) is 6.29 Å². The number of hydrogen-bond donors (Lipinski definition) is 0. The van der Waals surface area contributed by atoms with Crippen LogP contribution in [0.25, 0.3) is 22.3 Å². The van der Waals surface area contributed by atoms with E-state index in [-0.39, 0.29) is 25.8 Å². The van der Waals surface area contributed by atoms with Gasteiger partial charge in [0.25, 0.3) is 0 Å². The molecule has 2 aromatic heterocycles. The third kappa shape index (κ3) is 3.40. The Bertz CT molecular complexity index is 1330. The molecule has 5 rings (SSSR count). The topological polar surface area (TPSA) is 51.0 Å². The van der Waals surface area contributed by atoms with Crippen LogP contribution in [0.2, 0.25) is 0 Å². The van der Waals surface area contributed by atoms with E-state index in [0.29, 0.717) is 17.5 Å². The second-order valence-corrected chi connectivity index (χ2v) is 11.9. The highest BCUT2D eigenvalue weighted by molar-refractivity contribution is 7.69. The summed E-state index contributed by atoms with van der Waals surface area (Å²) in [5, 5.41) is 2.10. The summed E-state index contributed by atoms with van der Waals surface area (Å²) in [5.74, 6) is 0.545. The summed E-state index contributed by atoms with van der Waals surface area (Å²) in [6.07, 6.45) is 1.41. The zero-order chi connectivity index (χ0) is 22.6. The molecule has 0 saturated carbocycles. The molecule has 4 aromatic rings. The number of imidazole rings is 1. The second-order valence-electron chi connectivity index (χ2n) is 8.54. The molecule has 2 atom stereocenters. The minimum absolute atomic E-state index is 0.0320. The molecule has 0 radical (unpaired) electrons. The standard InChI is InChI=1S/C24H24FN4OPS/c1-28(2)21-11-20(22-15(12-30)6-5-7-16(22)25)29-19-10-14(8-9-17(19)26-23(21)29)18-13-32-24(27-18)31(3)4/h5-10,12-13,20-21H,11H2,1-4H3. The molecule has 3 heterocycles. The number of carbonyl (C=O) groups is 1. The minimum Gasteiger partial charge on any atom is -0.319 e. The van der Waals surface area contributed by atoms with Gasteiger partial charge in [-0.2, -0.15) is 0 Å². The zero-order valence-electron chi connectivity index (χ0n) is 18.4. The predicted molar refractivity (Wildman–Crippen MR) is 130 cm³/mol. The van der Waals surface area contributed by atoms with Gasteiger partial charge < -0.3 is 4.57 Å². The average Bonchev–Trinajstić information content (AvgIpc) is 3.47. The number of rotatable bonds is 5. The fourth-order valence-electron chi connectivity index (χ4n) is 4.55. The van der Waals surface area contributed by atoms with Crippen LogP contribution in [0.1, 0.15) is 40.3 Å². The summed E-state index contributed by atoms with van der Waals surface area (Å²) in [7, 11) is 3.77. The lowest BCUT2D eigenvalue weighted by molar-refractivity contribution is 0.112. The van der Waals surface area contributed by atoms with E-state index in [1.807, 2.05) is 20.2 Å². The van der Waals surface area contributed by atoms with Gasteiger partial charge in [0.2, 0.25) is 0 Å². The van der Waals surface area contributed by atoms with Crippen molar-refractivity contribution in [3.63, 3.8) is 0 Å². The lowest BCUT2D eigenvalue weighted by Gasteiger charge is -2.20. The fourth-order valence-corrected chi connectivity index (χ4v) is 6.42. The van der Waals surface area contributed by atoms with E-state index in [1.165, 1.54) is 10.8 Å². The summed E-state index contributed by atoms with van der Waals surface area (Å²) in [5.41, 5.74) is 4.62. The van der Waals surface area contributed by atoms with E-state index in [0.717, 1.165) is 34.4 Å². The van der Waals surface area contributed by atoms with Crippen LogP contribution in [0.5, 0.6) is 0 Å². The SMILES string of the molecule is CN(C)C1CC(c2c(F)cccc2C=O)n2c1nc1ccc(-c3csc(P(C)C)n3)cc12. The predicted octanol–water partition coefficient (Wildman–Crippen LogP) is 5.07. The highest BCUT2D eigenvalue weighted by atomic mass is 32.1. The largest absolute Gasteiger partial charge is 0.319 e. The Morgan fingerprint density at radius 1 is 1.22 bits per heavy atom. The zero-order valence-corrected chi connectivity index (χ0v) is 20.1. The molecule has 1 aliphatic heterocycles. The van der Waals surface area contributed by atoms with Crippen molar-refractivity contribution in [3.8, 4) is 11.3 Å². The maximum absolute atomic E-state index is 15.0. The molecule has 2 unspecified atom stereocenters. The molecule has 2 aromatic carbocycles. The van der Waals surface area contributed by atoms with Crippen molar-refractivity contribution in [1.82, 2.24) is 19.4 Å². The van der Waals surface area contributed by atoms with Crippen LogP contribution in [0.3, 0.4) is 0 Å². The van der Waals surface area contributed by atoms with Gasteiger partial charge in [-0.3, -0.25) is 9.69 Å². The van der Waals surface area contributed by atoms with Gasteiger partial charge in [-0.25, -0.2) is 14.4 Å². The molecular formula is C24H24FN4OPS. The summed E-state index contributed by atoms with van der Waals surface area (Å²) in [6, 6.07) is 10.6. The van der Waals surface area contributed by atoms with Crippen molar-refractivity contribution in [2.24, 2.45) is 0 Å². The van der Waals surface area contributed by atoms with Gasteiger partial charge in [0.05, 0.1) is 28.8 Å². The van der Waals surface area contributed by atoms with Crippen molar-refractivity contribution < 1.29 is 9.18 Å². The number of halogens is 1. The number of benzene rings is 2. The number of fused-ring (bicyclic) bond motifs is 3. The van der Waals surface area contributed by atoms with Crippen LogP contribution in [-0.2, 0) is 0 Å². The van der Waals surface area contributed by atoms with E-state index in [4.69, 9.17) is 9.97 Å². The molecule has 0 aliphatic carbocycles. The summed E-state index contributed by atoms with van der Waals surface area (Å²) >= 11 is 1.69. The third-order valence-electron chi connectivity index (χ3n) is 6.11. The molecule has 0 saturated heterocycles. The van der Waals surface area contributed by atoms with Crippen LogP contribution in [0.4, 0.5) is 4.39 Å². The average molecular weight is 467 g/mol. The Hall–Kier alpha value is -2.47. The highest BCUT2D eigenvalue weighted by Crippen LogP contribution is 2.45. The number of nitrogens with zero attached hydrogens (tertiary/aromatic N) is 4. The molecule has 164 valence electrons. The molecule has 1 aliphatic rings. The first-order valence-electron chi connectivity index (χ1n) is 10.4. The molecule has 8 heteroatoms. The lowest BCUT2D eigenvalue weighted by atomic mass is 9.96. The van der Waals surface area contributed by atoms with Gasteiger partial charge in [0.1, 0.15) is 16.4 Å². The molecule has 0 N–H and O–H groups in total. The fraction of sp³-hybridized carbons (Fsp3) is 0.292. The third-order valence-corrected chi connectivity index (χ3v) is 9.03. The van der Waals surface area contributed by atoms with Crippen LogP contribution < -0.4 is 4.75 Å². The molecule has 0 spiro atoms. The maximum Gasteiger partial charge on any atom is 0.150 e. The number of aromatic nitrogens is 3. The molecular weight excluding hydrogens is 442 g/mol. The van der Waals surface area contributed by atoms with Crippen LogP contribution in [0, 0.1) is 5.82 Å². The van der Waals surface area contributed by atoms with Crippen molar-refractivity contribution in [2.75, 3.05) is 27.4 Å². The second kappa shape index (κ2) is 8.14. The maximum atomic E-state index is 15.0. The quantitative estimate of drug-likeness (QED) is 0.304. The first-order chi connectivity index (χ1) is 15.4. The highest BCUT2D eigenvalue weighted by Gasteiger charge is 2.38. The number of thiazole rings is 1. The number of aldehydes is 1. The molecule has 0 fully saturated rings. The number of carbonyl (C=O) groups excluding carboxylic acids is 1. The Morgan fingerprint density at radius 2 is 2.03 bits per heavy atom. The van der Waals surface area contributed by atoms with Gasteiger partial charge in [0, 0.05) is 22.1 Å². The molecule has 5 nitrogen and oxygen atoms in total. The van der Waals surface area contributed by atoms with Crippen molar-refractivity contribution in [3.05, 3.63) is 64.5 Å². The van der Waals surface area contributed by atoms with Crippen LogP contribution >= 0.6 is 19.3 Å². The van der Waals surface area contributed by atoms with Crippen molar-refractivity contribution in [1.29, 1.82) is 0 Å². The van der Waals surface area contributed by atoms with Crippen molar-refractivity contribution >= 4 is 41.3 Å². The van der Waals surface area contributed by atoms with Crippen molar-refractivity contribution in [2.45, 2.75) is 18.5 Å². The monoisotopic (exact) mass is 466 g/mol. The normalized spacial score (nSPS) is 18.1. The van der Waals surface area contributed by atoms with Gasteiger partial charge in [-0.15, -0.1) is 11.3 Å². The Balaban J connectivity index is 1.71. The van der Waals surface area contributed by atoms with E-state index >= 15 is 4.39 Å². The molecule has 0 amide bonds. The lowest BCUT2D eigenvalue weighted by Crippen LogP contribution is -2.18. The van der Waals surface area contributed by atoms with E-state index < -0.39 is 0 Å². The first-order valence-corrected chi connectivity index (χ1v) is 13.6. The van der Waals surface area contributed by atoms with Crippen LogP contribution in [-0.4, -0.2) is 53.1 Å². The summed E-state index contributed by atoms with van der Waals surface area (Å²) < 4.78 is 18.3. The Kier molecular flexibility index (Phi) is 5.44. The Labute approximate surface area is 191 Å². The number of hydrogen-bond acceptors (Lipinski definition) is 5. The summed E-state index contributed by atoms with van der Waals surface area (Å²) in [6.45, 7) is 4.41. The van der Waals surface area contributed by atoms with Gasteiger partial charge >= 0.3 is 0 Å². The Morgan fingerprint density at radius 3 is 2.72 bits per heavy atom. The molecule has 32 heavy (non-hydrogen) atoms. The minimum atomic E-state index is -0.355. The van der Waals surface area contributed by atoms with E-state index in [1.54, 1.807) is 23.5 Å². The van der Waals surface area contributed by atoms with E-state index in [9.17, 15) is 4.79 Å². The van der Waals surface area contributed by atoms with Crippen LogP contribution in [0.15, 0.2) is 41.8 Å². The van der Waals surface area contributed by atoms with Gasteiger partial charge in [-0.1, -0.05) is 26.1 Å².